The van der Waals surface area contributed by atoms with Gasteiger partial charge in [0.25, 0.3) is 0 Å². The average molecular weight is 199 g/mol. The molecule has 0 aromatic carbocycles. The van der Waals surface area contributed by atoms with E-state index >= 15 is 0 Å². The zero-order valence-corrected chi connectivity index (χ0v) is 10.8. The van der Waals surface area contributed by atoms with Crippen LogP contribution in [0.1, 0.15) is 66.7 Å². The van der Waals surface area contributed by atoms with Crippen LogP contribution in [0.4, 0.5) is 0 Å². The van der Waals surface area contributed by atoms with Crippen molar-refractivity contribution in [2.75, 3.05) is 6.54 Å². The average Bonchev–Trinajstić information content (AvgIpc) is 2.86. The molecule has 1 aliphatic heterocycles. The molecule has 0 bridgehead atoms. The van der Waals surface area contributed by atoms with Crippen LogP contribution in [0.3, 0.4) is 0 Å². The van der Waals surface area contributed by atoms with E-state index < -0.39 is 0 Å². The van der Waals surface area contributed by atoms with Crippen LogP contribution < -0.4 is 5.32 Å². The summed E-state index contributed by atoms with van der Waals surface area (Å²) >= 11 is 0. The van der Waals surface area contributed by atoms with Gasteiger partial charge in [-0.05, 0) is 38.1 Å². The third kappa shape index (κ3) is 2.98. The van der Waals surface area contributed by atoms with Gasteiger partial charge < -0.3 is 5.32 Å². The third-order valence-electron chi connectivity index (χ3n) is 3.59. The minimum atomic E-state index is 0.736. The van der Waals surface area contributed by atoms with Gasteiger partial charge in [-0.1, -0.05) is 40.5 Å². The van der Waals surface area contributed by atoms with Gasteiger partial charge >= 0.3 is 0 Å². The molecule has 1 nitrogen and oxygen atoms in total. The molecular weight excluding hydrogens is 170 g/mol. The van der Waals surface area contributed by atoms with Gasteiger partial charge in [-0.15, -0.1) is 0 Å². The lowest BCUT2D eigenvalue weighted by molar-refractivity contribution is 0.270. The molecule has 0 aromatic heterocycles. The maximum atomic E-state index is 3.55. The molecule has 0 aromatic rings. The Morgan fingerprint density at radius 3 is 1.79 bits per heavy atom. The fourth-order valence-electron chi connectivity index (χ4n) is 2.73. The highest BCUT2D eigenvalue weighted by Crippen LogP contribution is 2.46. The van der Waals surface area contributed by atoms with Gasteiger partial charge in [0.1, 0.15) is 0 Å². The smallest absolute Gasteiger partial charge is 0.00956 e. The second-order valence-electron chi connectivity index (χ2n) is 4.00. The van der Waals surface area contributed by atoms with E-state index in [4.69, 9.17) is 0 Å². The van der Waals surface area contributed by atoms with Gasteiger partial charge in [-0.3, -0.25) is 0 Å². The normalized spacial score (nSPS) is 27.6. The number of rotatable bonds is 0. The molecule has 0 amide bonds. The van der Waals surface area contributed by atoms with Crippen molar-refractivity contribution in [1.29, 1.82) is 0 Å². The molecule has 0 radical (unpaired) electrons. The van der Waals surface area contributed by atoms with Gasteiger partial charge in [-0.25, -0.2) is 0 Å². The lowest BCUT2D eigenvalue weighted by Crippen LogP contribution is -2.31. The minimum absolute atomic E-state index is 0.736. The first-order chi connectivity index (χ1) is 6.83. The molecule has 86 valence electrons. The van der Waals surface area contributed by atoms with Crippen LogP contribution in [0.15, 0.2) is 0 Å². The topological polar surface area (TPSA) is 12.0 Å². The Hall–Kier alpha value is -0.0400. The highest BCUT2D eigenvalue weighted by molar-refractivity contribution is 4.97. The highest BCUT2D eigenvalue weighted by Gasteiger charge is 2.41. The van der Waals surface area contributed by atoms with Gasteiger partial charge in [0.15, 0.2) is 0 Å². The first-order valence-electron chi connectivity index (χ1n) is 6.57. The van der Waals surface area contributed by atoms with Crippen LogP contribution in [-0.2, 0) is 0 Å². The fraction of sp³-hybridized carbons (Fsp3) is 1.00. The summed E-state index contributed by atoms with van der Waals surface area (Å²) in [5.74, 6) is 0. The monoisotopic (exact) mass is 199 g/mol. The number of hydrogen-bond donors (Lipinski definition) is 1. The van der Waals surface area contributed by atoms with Gasteiger partial charge in [0, 0.05) is 6.04 Å². The van der Waals surface area contributed by atoms with Crippen molar-refractivity contribution in [2.24, 2.45) is 5.41 Å². The molecule has 1 heterocycles. The van der Waals surface area contributed by atoms with Crippen molar-refractivity contribution < 1.29 is 0 Å². The van der Waals surface area contributed by atoms with E-state index in [0.717, 1.165) is 11.5 Å². The zero-order valence-electron chi connectivity index (χ0n) is 10.8. The third-order valence-corrected chi connectivity index (χ3v) is 3.59. The Labute approximate surface area is 90.7 Å². The van der Waals surface area contributed by atoms with Gasteiger partial charge in [-0.2, -0.15) is 0 Å². The van der Waals surface area contributed by atoms with Gasteiger partial charge in [0.2, 0.25) is 0 Å². The lowest BCUT2D eigenvalue weighted by atomic mass is 9.80. The second-order valence-corrected chi connectivity index (χ2v) is 4.00. The SMILES string of the molecule is CC.CC.CC1NCCC12CCCC2. The molecule has 1 N–H and O–H groups in total. The van der Waals surface area contributed by atoms with E-state index in [-0.39, 0.29) is 0 Å². The molecule has 1 saturated heterocycles. The van der Waals surface area contributed by atoms with Crippen LogP contribution in [0.2, 0.25) is 0 Å². The van der Waals surface area contributed by atoms with Crippen molar-refractivity contribution in [2.45, 2.75) is 72.8 Å². The predicted molar refractivity (Wildman–Crippen MR) is 65.7 cm³/mol. The van der Waals surface area contributed by atoms with E-state index in [1.165, 1.54) is 38.6 Å². The first-order valence-corrected chi connectivity index (χ1v) is 6.57. The van der Waals surface area contributed by atoms with Crippen LogP contribution in [0.25, 0.3) is 0 Å². The fourth-order valence-corrected chi connectivity index (χ4v) is 2.73. The summed E-state index contributed by atoms with van der Waals surface area (Å²) in [7, 11) is 0. The minimum Gasteiger partial charge on any atom is -0.314 e. The molecule has 1 unspecified atom stereocenters. The Kier molecular flexibility index (Phi) is 7.26. The van der Waals surface area contributed by atoms with Crippen LogP contribution in [0, 0.1) is 5.41 Å². The summed E-state index contributed by atoms with van der Waals surface area (Å²) in [5, 5.41) is 3.55. The molecule has 2 fully saturated rings. The molecule has 1 heteroatoms. The van der Waals surface area contributed by atoms with E-state index in [9.17, 15) is 0 Å². The summed E-state index contributed by atoms with van der Waals surface area (Å²) in [6, 6.07) is 0.801. The number of nitrogens with one attached hydrogen (secondary N) is 1. The largest absolute Gasteiger partial charge is 0.314 e. The molecule has 1 aliphatic carbocycles. The van der Waals surface area contributed by atoms with E-state index in [2.05, 4.69) is 12.2 Å². The molecule has 1 spiro atoms. The summed E-state index contributed by atoms with van der Waals surface area (Å²) in [6.07, 6.45) is 7.37. The molecular formula is C13H29N. The Bertz CT molecular complexity index is 120. The van der Waals surface area contributed by atoms with Crippen LogP contribution >= 0.6 is 0 Å². The standard InChI is InChI=1S/C9H17N.2C2H6/c1-8-9(6-7-10-8)4-2-3-5-9;2*1-2/h8,10H,2-7H2,1H3;2*1-2H3. The summed E-state index contributed by atoms with van der Waals surface area (Å²) in [4.78, 5) is 0. The summed E-state index contributed by atoms with van der Waals surface area (Å²) < 4.78 is 0. The number of hydrogen-bond acceptors (Lipinski definition) is 1. The van der Waals surface area contributed by atoms with E-state index in [1.54, 1.807) is 0 Å². The van der Waals surface area contributed by atoms with Crippen LogP contribution in [-0.4, -0.2) is 12.6 Å². The Balaban J connectivity index is 0.000000379. The molecule has 14 heavy (non-hydrogen) atoms. The van der Waals surface area contributed by atoms with Crippen molar-refractivity contribution >= 4 is 0 Å². The highest BCUT2D eigenvalue weighted by atomic mass is 15.0. The Morgan fingerprint density at radius 2 is 1.43 bits per heavy atom. The summed E-state index contributed by atoms with van der Waals surface area (Å²) in [5.41, 5.74) is 0.736. The molecule has 2 aliphatic rings. The Morgan fingerprint density at radius 1 is 0.929 bits per heavy atom. The van der Waals surface area contributed by atoms with Crippen molar-refractivity contribution in [1.82, 2.24) is 5.32 Å². The lowest BCUT2D eigenvalue weighted by Gasteiger charge is -2.27. The second kappa shape index (κ2) is 7.28. The predicted octanol–water partition coefficient (Wildman–Crippen LogP) is 3.98. The maximum absolute atomic E-state index is 3.55. The zero-order chi connectivity index (χ0) is 11.0. The quantitative estimate of drug-likeness (QED) is 0.622. The molecule has 2 rings (SSSR count). The van der Waals surface area contributed by atoms with E-state index in [0.29, 0.717) is 0 Å². The first kappa shape index (κ1) is 14.0. The van der Waals surface area contributed by atoms with Crippen molar-refractivity contribution in [3.63, 3.8) is 0 Å². The van der Waals surface area contributed by atoms with E-state index in [1.807, 2.05) is 27.7 Å². The van der Waals surface area contributed by atoms with Crippen molar-refractivity contribution in [3.05, 3.63) is 0 Å². The van der Waals surface area contributed by atoms with Gasteiger partial charge in [0.05, 0.1) is 0 Å². The van der Waals surface area contributed by atoms with Crippen LogP contribution in [0.5, 0.6) is 0 Å². The molecule has 1 atom stereocenters. The van der Waals surface area contributed by atoms with Crippen molar-refractivity contribution in [3.8, 4) is 0 Å². The molecule has 1 saturated carbocycles. The maximum Gasteiger partial charge on any atom is 0.00956 e. The summed E-state index contributed by atoms with van der Waals surface area (Å²) in [6.45, 7) is 11.6.